The zero-order valence-electron chi connectivity index (χ0n) is 17.0. The van der Waals surface area contributed by atoms with Gasteiger partial charge in [-0.05, 0) is 36.4 Å². The summed E-state index contributed by atoms with van der Waals surface area (Å²) < 4.78 is 61.8. The molecule has 0 unspecified atom stereocenters. The molecular weight excluding hydrogens is 441 g/mol. The van der Waals surface area contributed by atoms with Gasteiger partial charge in [0.15, 0.2) is 11.5 Å². The third-order valence-corrected chi connectivity index (χ3v) is 4.58. The molecule has 0 aliphatic rings. The molecule has 0 N–H and O–H groups in total. The van der Waals surface area contributed by atoms with Crippen LogP contribution in [0.1, 0.15) is 16.1 Å². The summed E-state index contributed by atoms with van der Waals surface area (Å²) >= 11 is 0. The van der Waals surface area contributed by atoms with Crippen molar-refractivity contribution in [2.24, 2.45) is 0 Å². The average molecular weight is 456 g/mol. The molecular formula is C24H15F3O6. The Morgan fingerprint density at radius 2 is 1.58 bits per heavy atom. The van der Waals surface area contributed by atoms with Crippen LogP contribution >= 0.6 is 0 Å². The lowest BCUT2D eigenvalue weighted by atomic mass is 10.2. The van der Waals surface area contributed by atoms with Crippen LogP contribution in [-0.4, -0.2) is 13.1 Å². The number of hydrogen-bond donors (Lipinski definition) is 0. The molecule has 9 heteroatoms. The molecule has 1 heterocycles. The van der Waals surface area contributed by atoms with Crippen LogP contribution in [0.3, 0.4) is 0 Å². The van der Waals surface area contributed by atoms with Gasteiger partial charge < -0.3 is 18.6 Å². The Bertz CT molecular complexity index is 1380. The Morgan fingerprint density at radius 3 is 2.24 bits per heavy atom. The van der Waals surface area contributed by atoms with E-state index < -0.39 is 34.7 Å². The maximum atomic E-state index is 13.7. The lowest BCUT2D eigenvalue weighted by Gasteiger charge is -2.15. The second-order valence-electron chi connectivity index (χ2n) is 6.75. The molecule has 0 amide bonds. The van der Waals surface area contributed by atoms with Crippen LogP contribution in [-0.2, 0) is 6.18 Å². The quantitative estimate of drug-likeness (QED) is 0.278. The number of rotatable bonds is 5. The predicted octanol–water partition coefficient (Wildman–Crippen LogP) is 5.83. The standard InChI is InChI=1S/C24H15F3O6/c1-30-17-9-5-6-10-18(17)32-21-20(28)16-12-11-15(13-19(16)33-22(21)24(25,26)27)31-23(29)14-7-3-2-4-8-14/h2-13H,1H3. The summed E-state index contributed by atoms with van der Waals surface area (Å²) in [6, 6.07) is 17.5. The van der Waals surface area contributed by atoms with Crippen LogP contribution in [0.4, 0.5) is 13.2 Å². The highest BCUT2D eigenvalue weighted by atomic mass is 19.4. The number of ether oxygens (including phenoxy) is 3. The summed E-state index contributed by atoms with van der Waals surface area (Å²) in [6.45, 7) is 0. The number of carbonyl (C=O) groups excluding carboxylic acids is 1. The number of methoxy groups -OCH3 is 1. The number of fused-ring (bicyclic) bond motifs is 1. The van der Waals surface area contributed by atoms with Crippen molar-refractivity contribution in [3.05, 3.63) is 94.3 Å². The molecule has 0 saturated carbocycles. The molecule has 0 atom stereocenters. The second-order valence-corrected chi connectivity index (χ2v) is 6.75. The molecule has 0 radical (unpaired) electrons. The summed E-state index contributed by atoms with van der Waals surface area (Å²) in [6.07, 6.45) is -5.04. The van der Waals surface area contributed by atoms with E-state index in [-0.39, 0.29) is 28.2 Å². The van der Waals surface area contributed by atoms with Gasteiger partial charge in [0, 0.05) is 6.07 Å². The Morgan fingerprint density at radius 1 is 0.909 bits per heavy atom. The number of halogens is 3. The molecule has 6 nitrogen and oxygen atoms in total. The fourth-order valence-corrected chi connectivity index (χ4v) is 3.05. The first kappa shape index (κ1) is 21.9. The number of para-hydroxylation sites is 2. The van der Waals surface area contributed by atoms with Gasteiger partial charge in [0.2, 0.25) is 11.2 Å². The summed E-state index contributed by atoms with van der Waals surface area (Å²) in [5, 5.41) is -0.188. The molecule has 4 rings (SSSR count). The molecule has 0 spiro atoms. The van der Waals surface area contributed by atoms with E-state index >= 15 is 0 Å². The van der Waals surface area contributed by atoms with E-state index in [1.54, 1.807) is 24.3 Å². The van der Waals surface area contributed by atoms with Crippen molar-refractivity contribution in [3.63, 3.8) is 0 Å². The first-order valence-electron chi connectivity index (χ1n) is 9.54. The SMILES string of the molecule is COc1ccccc1Oc1c(C(F)(F)F)oc2cc(OC(=O)c3ccccc3)ccc2c1=O. The van der Waals surface area contributed by atoms with E-state index in [4.69, 9.17) is 18.6 Å². The van der Waals surface area contributed by atoms with Gasteiger partial charge in [0.05, 0.1) is 18.1 Å². The first-order valence-corrected chi connectivity index (χ1v) is 9.54. The molecule has 0 aliphatic heterocycles. The van der Waals surface area contributed by atoms with Gasteiger partial charge in [-0.1, -0.05) is 30.3 Å². The fourth-order valence-electron chi connectivity index (χ4n) is 3.05. The van der Waals surface area contributed by atoms with Gasteiger partial charge in [0.1, 0.15) is 11.3 Å². The number of alkyl halides is 3. The van der Waals surface area contributed by atoms with E-state index in [9.17, 15) is 22.8 Å². The molecule has 1 aromatic heterocycles. The van der Waals surface area contributed by atoms with Crippen molar-refractivity contribution in [1.29, 1.82) is 0 Å². The minimum Gasteiger partial charge on any atom is -0.493 e. The highest BCUT2D eigenvalue weighted by Gasteiger charge is 2.40. The Balaban J connectivity index is 1.78. The number of hydrogen-bond acceptors (Lipinski definition) is 6. The highest BCUT2D eigenvalue weighted by molar-refractivity contribution is 5.91. The maximum absolute atomic E-state index is 13.7. The molecule has 0 bridgehead atoms. The largest absolute Gasteiger partial charge is 0.493 e. The van der Waals surface area contributed by atoms with Crippen molar-refractivity contribution >= 4 is 16.9 Å². The normalized spacial score (nSPS) is 11.3. The topological polar surface area (TPSA) is 75.0 Å². The first-order chi connectivity index (χ1) is 15.8. The molecule has 0 aliphatic carbocycles. The van der Waals surface area contributed by atoms with E-state index in [0.29, 0.717) is 0 Å². The molecule has 0 fully saturated rings. The average Bonchev–Trinajstić information content (AvgIpc) is 2.80. The van der Waals surface area contributed by atoms with Gasteiger partial charge in [-0.2, -0.15) is 13.2 Å². The number of benzene rings is 3. The predicted molar refractivity (Wildman–Crippen MR) is 112 cm³/mol. The summed E-state index contributed by atoms with van der Waals surface area (Å²) in [5.41, 5.74) is -1.22. The van der Waals surface area contributed by atoms with Crippen molar-refractivity contribution < 1.29 is 36.6 Å². The van der Waals surface area contributed by atoms with Crippen molar-refractivity contribution in [2.45, 2.75) is 6.18 Å². The molecule has 33 heavy (non-hydrogen) atoms. The smallest absolute Gasteiger partial charge is 0.453 e. The molecule has 4 aromatic rings. The minimum atomic E-state index is -5.04. The van der Waals surface area contributed by atoms with Crippen LogP contribution in [0.2, 0.25) is 0 Å². The van der Waals surface area contributed by atoms with Gasteiger partial charge in [0.25, 0.3) is 5.76 Å². The molecule has 168 valence electrons. The van der Waals surface area contributed by atoms with Crippen LogP contribution in [0, 0.1) is 0 Å². The van der Waals surface area contributed by atoms with Crippen LogP contribution in [0.5, 0.6) is 23.0 Å². The minimum absolute atomic E-state index is 0.0916. The van der Waals surface area contributed by atoms with Crippen LogP contribution in [0.25, 0.3) is 11.0 Å². The Hall–Kier alpha value is -4.27. The summed E-state index contributed by atoms with van der Waals surface area (Å²) in [7, 11) is 1.31. The van der Waals surface area contributed by atoms with E-state index in [1.165, 1.54) is 49.6 Å². The zero-order chi connectivity index (χ0) is 23.6. The number of esters is 1. The molecule has 0 saturated heterocycles. The van der Waals surface area contributed by atoms with Crippen molar-refractivity contribution in [2.75, 3.05) is 7.11 Å². The lowest BCUT2D eigenvalue weighted by molar-refractivity contribution is -0.154. The monoisotopic (exact) mass is 456 g/mol. The van der Waals surface area contributed by atoms with Crippen molar-refractivity contribution in [3.8, 4) is 23.0 Å². The lowest BCUT2D eigenvalue weighted by Crippen LogP contribution is -2.16. The van der Waals surface area contributed by atoms with Gasteiger partial charge in [-0.3, -0.25) is 4.79 Å². The van der Waals surface area contributed by atoms with Crippen molar-refractivity contribution in [1.82, 2.24) is 0 Å². The Labute approximate surface area is 184 Å². The van der Waals surface area contributed by atoms with E-state index in [2.05, 4.69) is 0 Å². The molecule has 3 aromatic carbocycles. The van der Waals surface area contributed by atoms with Gasteiger partial charge in [-0.25, -0.2) is 4.79 Å². The second kappa shape index (κ2) is 8.70. The fraction of sp³-hybridized carbons (Fsp3) is 0.0833. The highest BCUT2D eigenvalue weighted by Crippen LogP contribution is 2.40. The van der Waals surface area contributed by atoms with E-state index in [0.717, 1.165) is 6.07 Å². The number of carbonyl (C=O) groups is 1. The Kier molecular flexibility index (Phi) is 5.78. The van der Waals surface area contributed by atoms with Gasteiger partial charge >= 0.3 is 12.1 Å². The van der Waals surface area contributed by atoms with Gasteiger partial charge in [-0.15, -0.1) is 0 Å². The zero-order valence-corrected chi connectivity index (χ0v) is 17.0. The maximum Gasteiger partial charge on any atom is 0.453 e. The third kappa shape index (κ3) is 4.52. The van der Waals surface area contributed by atoms with E-state index in [1.807, 2.05) is 0 Å². The van der Waals surface area contributed by atoms with Crippen LogP contribution < -0.4 is 19.6 Å². The summed E-state index contributed by atoms with van der Waals surface area (Å²) in [4.78, 5) is 25.2. The van der Waals surface area contributed by atoms with Crippen LogP contribution in [0.15, 0.2) is 82.0 Å². The third-order valence-electron chi connectivity index (χ3n) is 4.58. The summed E-state index contributed by atoms with van der Waals surface area (Å²) in [5.74, 6) is -3.43.